The van der Waals surface area contributed by atoms with E-state index in [9.17, 15) is 0 Å². The van der Waals surface area contributed by atoms with Crippen LogP contribution in [0.3, 0.4) is 0 Å². The summed E-state index contributed by atoms with van der Waals surface area (Å²) in [5, 5.41) is 0. The van der Waals surface area contributed by atoms with Crippen LogP contribution in [0.2, 0.25) is 0 Å². The molecular weight excluding hydrogens is 290 g/mol. The lowest BCUT2D eigenvalue weighted by Crippen LogP contribution is -2.03. The predicted molar refractivity (Wildman–Crippen MR) is 88.9 cm³/mol. The third kappa shape index (κ3) is 3.15. The quantitative estimate of drug-likeness (QED) is 0.798. The molecule has 0 saturated heterocycles. The van der Waals surface area contributed by atoms with E-state index in [1.807, 2.05) is 41.4 Å². The van der Waals surface area contributed by atoms with Crippen LogP contribution in [-0.4, -0.2) is 19.5 Å². The molecule has 0 aliphatic heterocycles. The molecule has 0 saturated carbocycles. The fourth-order valence-electron chi connectivity index (χ4n) is 2.26. The molecule has 0 bridgehead atoms. The van der Waals surface area contributed by atoms with Gasteiger partial charge in [0, 0.05) is 30.2 Å². The monoisotopic (exact) mass is 309 g/mol. The summed E-state index contributed by atoms with van der Waals surface area (Å²) in [6, 6.07) is 5.80. The normalized spacial score (nSPS) is 11.0. The molecule has 0 aromatic carbocycles. The van der Waals surface area contributed by atoms with Crippen molar-refractivity contribution in [3.63, 3.8) is 0 Å². The smallest absolute Gasteiger partial charge is 0.187 e. The topological polar surface area (TPSA) is 78.8 Å². The molecule has 6 nitrogen and oxygen atoms in total. The van der Waals surface area contributed by atoms with E-state index >= 15 is 0 Å². The van der Waals surface area contributed by atoms with Crippen LogP contribution in [-0.2, 0) is 0 Å². The zero-order chi connectivity index (χ0) is 16.4. The van der Waals surface area contributed by atoms with Crippen molar-refractivity contribution in [3.05, 3.63) is 54.4 Å². The Balaban J connectivity index is 2.03. The summed E-state index contributed by atoms with van der Waals surface area (Å²) in [5.41, 5.74) is 6.93. The van der Waals surface area contributed by atoms with Gasteiger partial charge >= 0.3 is 0 Å². The van der Waals surface area contributed by atoms with E-state index in [0.717, 1.165) is 11.4 Å². The summed E-state index contributed by atoms with van der Waals surface area (Å²) in [6.45, 7) is 5.97. The average Bonchev–Trinajstić information content (AvgIpc) is 3.04. The Kier molecular flexibility index (Phi) is 3.97. The van der Waals surface area contributed by atoms with Crippen molar-refractivity contribution < 1.29 is 4.74 Å². The van der Waals surface area contributed by atoms with Crippen molar-refractivity contribution >= 4 is 5.82 Å². The Hall–Kier alpha value is -2.89. The zero-order valence-electron chi connectivity index (χ0n) is 13.4. The van der Waals surface area contributed by atoms with E-state index in [1.165, 1.54) is 0 Å². The van der Waals surface area contributed by atoms with Gasteiger partial charge in [0.05, 0.1) is 6.20 Å². The molecule has 2 N–H and O–H groups in total. The van der Waals surface area contributed by atoms with Crippen LogP contribution < -0.4 is 10.5 Å². The number of anilines is 1. The second-order valence-electron chi connectivity index (χ2n) is 5.59. The molecule has 118 valence electrons. The molecule has 6 heteroatoms. The number of hydrogen-bond acceptors (Lipinski definition) is 5. The second-order valence-corrected chi connectivity index (χ2v) is 5.59. The number of rotatable bonds is 4. The van der Waals surface area contributed by atoms with Crippen LogP contribution in [0.15, 0.2) is 43.0 Å². The van der Waals surface area contributed by atoms with E-state index in [0.29, 0.717) is 23.1 Å². The van der Waals surface area contributed by atoms with Gasteiger partial charge in [-0.2, -0.15) is 0 Å². The number of aromatic nitrogens is 4. The molecule has 0 radical (unpaired) electrons. The molecule has 3 aromatic heterocycles. The highest BCUT2D eigenvalue weighted by Gasteiger charge is 2.14. The molecule has 0 aliphatic rings. The van der Waals surface area contributed by atoms with Crippen molar-refractivity contribution in [1.29, 1.82) is 0 Å². The van der Waals surface area contributed by atoms with E-state index in [1.54, 1.807) is 13.1 Å². The summed E-state index contributed by atoms with van der Waals surface area (Å²) in [4.78, 5) is 12.8. The SMILES string of the molecule is Cc1ncc(Oc2cc(-n3cccc3)ncc2C(C)C)c(N)n1. The number of pyridine rings is 1. The minimum atomic E-state index is 0.267. The molecule has 3 aromatic rings. The molecule has 0 aliphatic carbocycles. The van der Waals surface area contributed by atoms with Gasteiger partial charge in [0.25, 0.3) is 0 Å². The summed E-state index contributed by atoms with van der Waals surface area (Å²) < 4.78 is 7.91. The molecule has 23 heavy (non-hydrogen) atoms. The van der Waals surface area contributed by atoms with Gasteiger partial charge in [-0.1, -0.05) is 13.8 Å². The Morgan fingerprint density at radius 2 is 1.83 bits per heavy atom. The number of ether oxygens (including phenoxy) is 1. The molecular formula is C17H19N5O. The number of hydrogen-bond donors (Lipinski definition) is 1. The maximum atomic E-state index is 5.99. The van der Waals surface area contributed by atoms with Gasteiger partial charge in [-0.3, -0.25) is 0 Å². The average molecular weight is 309 g/mol. The lowest BCUT2D eigenvalue weighted by molar-refractivity contribution is 0.469. The first kappa shape index (κ1) is 15.0. The molecule has 0 unspecified atom stereocenters. The molecule has 3 rings (SSSR count). The Bertz CT molecular complexity index is 812. The van der Waals surface area contributed by atoms with Crippen LogP contribution in [0.1, 0.15) is 31.2 Å². The Morgan fingerprint density at radius 1 is 1.09 bits per heavy atom. The highest BCUT2D eigenvalue weighted by Crippen LogP contribution is 2.33. The maximum Gasteiger partial charge on any atom is 0.187 e. The molecule has 0 amide bonds. The van der Waals surface area contributed by atoms with E-state index in [-0.39, 0.29) is 5.92 Å². The van der Waals surface area contributed by atoms with Gasteiger partial charge in [-0.05, 0) is 25.0 Å². The predicted octanol–water partition coefficient (Wildman–Crippen LogP) is 3.47. The Morgan fingerprint density at radius 3 is 2.48 bits per heavy atom. The van der Waals surface area contributed by atoms with Gasteiger partial charge in [-0.15, -0.1) is 0 Å². The van der Waals surface area contributed by atoms with Gasteiger partial charge < -0.3 is 15.0 Å². The van der Waals surface area contributed by atoms with Crippen LogP contribution in [0.4, 0.5) is 5.82 Å². The maximum absolute atomic E-state index is 5.99. The standard InChI is InChI=1S/C17H19N5O/c1-11(2)13-9-20-16(22-6-4-5-7-22)8-14(13)23-15-10-19-12(3)21-17(15)18/h4-11H,1-3H3,(H2,18,19,21). The summed E-state index contributed by atoms with van der Waals surface area (Å²) in [5.74, 6) is 3.14. The van der Waals surface area contributed by atoms with Crippen molar-refractivity contribution in [2.75, 3.05) is 5.73 Å². The highest BCUT2D eigenvalue weighted by molar-refractivity contribution is 5.49. The van der Waals surface area contributed by atoms with Crippen LogP contribution in [0.25, 0.3) is 5.82 Å². The molecule has 0 fully saturated rings. The first-order valence-electron chi connectivity index (χ1n) is 7.45. The van der Waals surface area contributed by atoms with Crippen molar-refractivity contribution in [2.45, 2.75) is 26.7 Å². The van der Waals surface area contributed by atoms with E-state index in [4.69, 9.17) is 10.5 Å². The van der Waals surface area contributed by atoms with Gasteiger partial charge in [0.15, 0.2) is 11.6 Å². The minimum Gasteiger partial charge on any atom is -0.451 e. The third-order valence-corrected chi connectivity index (χ3v) is 3.49. The summed E-state index contributed by atoms with van der Waals surface area (Å²) in [7, 11) is 0. The van der Waals surface area contributed by atoms with Crippen molar-refractivity contribution in [3.8, 4) is 17.3 Å². The third-order valence-electron chi connectivity index (χ3n) is 3.49. The number of aryl methyl sites for hydroxylation is 1. The fraction of sp³-hybridized carbons (Fsp3) is 0.235. The zero-order valence-corrected chi connectivity index (χ0v) is 13.4. The largest absolute Gasteiger partial charge is 0.451 e. The van der Waals surface area contributed by atoms with Gasteiger partial charge in [0.2, 0.25) is 0 Å². The molecule has 0 spiro atoms. The fourth-order valence-corrected chi connectivity index (χ4v) is 2.26. The lowest BCUT2D eigenvalue weighted by Gasteiger charge is -2.15. The number of nitrogens with zero attached hydrogens (tertiary/aromatic N) is 4. The number of nitrogen functional groups attached to an aromatic ring is 1. The van der Waals surface area contributed by atoms with Crippen molar-refractivity contribution in [2.24, 2.45) is 0 Å². The lowest BCUT2D eigenvalue weighted by atomic mass is 10.0. The highest BCUT2D eigenvalue weighted by atomic mass is 16.5. The molecule has 0 atom stereocenters. The summed E-state index contributed by atoms with van der Waals surface area (Å²) >= 11 is 0. The van der Waals surface area contributed by atoms with Crippen LogP contribution in [0, 0.1) is 6.92 Å². The first-order chi connectivity index (χ1) is 11.0. The molecule has 3 heterocycles. The van der Waals surface area contributed by atoms with Crippen LogP contribution >= 0.6 is 0 Å². The number of nitrogens with two attached hydrogens (primary N) is 1. The Labute approximate surface area is 135 Å². The van der Waals surface area contributed by atoms with E-state index < -0.39 is 0 Å². The minimum absolute atomic E-state index is 0.267. The summed E-state index contributed by atoms with van der Waals surface area (Å²) in [6.07, 6.45) is 7.30. The van der Waals surface area contributed by atoms with E-state index in [2.05, 4.69) is 28.8 Å². The van der Waals surface area contributed by atoms with Gasteiger partial charge in [-0.25, -0.2) is 15.0 Å². The first-order valence-corrected chi connectivity index (χ1v) is 7.45. The van der Waals surface area contributed by atoms with Crippen LogP contribution in [0.5, 0.6) is 11.5 Å². The second kappa shape index (κ2) is 6.08. The van der Waals surface area contributed by atoms with Gasteiger partial charge in [0.1, 0.15) is 17.4 Å². The van der Waals surface area contributed by atoms with Crippen molar-refractivity contribution in [1.82, 2.24) is 19.5 Å².